The molecule has 3 nitrogen and oxygen atoms in total. The van der Waals surface area contributed by atoms with Crippen molar-refractivity contribution < 1.29 is 10.2 Å². The third-order valence-corrected chi connectivity index (χ3v) is 2.51. The average Bonchev–Trinajstić information content (AvgIpc) is 2.41. The summed E-state index contributed by atoms with van der Waals surface area (Å²) in [6, 6.07) is 13.9. The highest BCUT2D eigenvalue weighted by atomic mass is 16.3. The van der Waals surface area contributed by atoms with Crippen LogP contribution in [-0.2, 0) is 0 Å². The van der Waals surface area contributed by atoms with Gasteiger partial charge in [-0.2, -0.15) is 5.26 Å². The first kappa shape index (κ1) is 11.7. The summed E-state index contributed by atoms with van der Waals surface area (Å²) in [5, 5.41) is 27.2. The van der Waals surface area contributed by atoms with Crippen LogP contribution < -0.4 is 0 Å². The van der Waals surface area contributed by atoms with Crippen LogP contribution in [0.25, 0.3) is 12.2 Å². The van der Waals surface area contributed by atoms with Gasteiger partial charge in [0.05, 0.1) is 11.6 Å². The lowest BCUT2D eigenvalue weighted by Gasteiger charge is -1.98. The normalized spacial score (nSPS) is 10.4. The van der Waals surface area contributed by atoms with Gasteiger partial charge in [-0.1, -0.05) is 30.4 Å². The maximum atomic E-state index is 9.35. The molecule has 2 rings (SSSR count). The van der Waals surface area contributed by atoms with Crippen molar-refractivity contribution in [3.8, 4) is 17.6 Å². The van der Waals surface area contributed by atoms with Gasteiger partial charge in [-0.25, -0.2) is 0 Å². The van der Waals surface area contributed by atoms with Crippen molar-refractivity contribution in [2.24, 2.45) is 0 Å². The number of hydrogen-bond donors (Lipinski definition) is 2. The van der Waals surface area contributed by atoms with Crippen LogP contribution in [0.4, 0.5) is 0 Å². The second-order valence-corrected chi connectivity index (χ2v) is 3.82. The number of nitriles is 1. The second kappa shape index (κ2) is 5.07. The van der Waals surface area contributed by atoms with Crippen LogP contribution in [0.15, 0.2) is 42.5 Å². The van der Waals surface area contributed by atoms with Crippen LogP contribution in [0.3, 0.4) is 0 Å². The highest BCUT2D eigenvalue weighted by molar-refractivity contribution is 5.71. The zero-order chi connectivity index (χ0) is 13.0. The fourth-order valence-electron chi connectivity index (χ4n) is 1.51. The van der Waals surface area contributed by atoms with Gasteiger partial charge in [0, 0.05) is 0 Å². The lowest BCUT2D eigenvalue weighted by Crippen LogP contribution is -1.76. The van der Waals surface area contributed by atoms with E-state index >= 15 is 0 Å². The largest absolute Gasteiger partial charge is 0.504 e. The van der Waals surface area contributed by atoms with Crippen LogP contribution >= 0.6 is 0 Å². The molecule has 0 aliphatic carbocycles. The molecule has 0 radical (unpaired) electrons. The Morgan fingerprint density at radius 2 is 1.44 bits per heavy atom. The molecule has 0 heterocycles. The van der Waals surface area contributed by atoms with Crippen LogP contribution in [-0.4, -0.2) is 10.2 Å². The van der Waals surface area contributed by atoms with Gasteiger partial charge in [0.25, 0.3) is 0 Å². The summed E-state index contributed by atoms with van der Waals surface area (Å²) in [5.74, 6) is -0.275. The standard InChI is InChI=1S/C15H11NO2/c16-10-13-5-2-11(3-6-13)1-4-12-7-8-14(17)15(18)9-12/h1-9,17-18H. The summed E-state index contributed by atoms with van der Waals surface area (Å²) in [7, 11) is 0. The van der Waals surface area contributed by atoms with Gasteiger partial charge in [-0.15, -0.1) is 0 Å². The molecule has 2 aromatic carbocycles. The number of nitrogens with zero attached hydrogens (tertiary/aromatic N) is 1. The van der Waals surface area contributed by atoms with Crippen LogP contribution in [0, 0.1) is 11.3 Å². The second-order valence-electron chi connectivity index (χ2n) is 3.82. The lowest BCUT2D eigenvalue weighted by atomic mass is 10.1. The zero-order valence-electron chi connectivity index (χ0n) is 9.54. The monoisotopic (exact) mass is 237 g/mol. The molecule has 3 heteroatoms. The predicted octanol–water partition coefficient (Wildman–Crippen LogP) is 3.14. The van der Waals surface area contributed by atoms with Gasteiger partial charge in [-0.05, 0) is 35.4 Å². The number of hydrogen-bond acceptors (Lipinski definition) is 3. The molecule has 0 atom stereocenters. The van der Waals surface area contributed by atoms with Gasteiger partial charge in [0.1, 0.15) is 0 Å². The molecule has 0 amide bonds. The molecule has 2 N–H and O–H groups in total. The summed E-state index contributed by atoms with van der Waals surface area (Å²) >= 11 is 0. The summed E-state index contributed by atoms with van der Waals surface area (Å²) < 4.78 is 0. The lowest BCUT2D eigenvalue weighted by molar-refractivity contribution is 0.403. The Morgan fingerprint density at radius 1 is 0.833 bits per heavy atom. The quantitative estimate of drug-likeness (QED) is 0.623. The minimum absolute atomic E-state index is 0.134. The smallest absolute Gasteiger partial charge is 0.157 e. The number of benzene rings is 2. The minimum Gasteiger partial charge on any atom is -0.504 e. The van der Waals surface area contributed by atoms with Gasteiger partial charge < -0.3 is 10.2 Å². The Morgan fingerprint density at radius 3 is 2.06 bits per heavy atom. The molecule has 0 fully saturated rings. The number of phenolic OH excluding ortho intramolecular Hbond substituents is 2. The first-order valence-corrected chi connectivity index (χ1v) is 5.39. The van der Waals surface area contributed by atoms with Crippen molar-refractivity contribution in [1.29, 1.82) is 5.26 Å². The van der Waals surface area contributed by atoms with Crippen LogP contribution in [0.1, 0.15) is 16.7 Å². The Labute approximate surface area is 105 Å². The van der Waals surface area contributed by atoms with E-state index in [1.54, 1.807) is 18.2 Å². The van der Waals surface area contributed by atoms with Crippen molar-refractivity contribution >= 4 is 12.2 Å². The molecule has 0 unspecified atom stereocenters. The van der Waals surface area contributed by atoms with Crippen molar-refractivity contribution in [1.82, 2.24) is 0 Å². The first-order chi connectivity index (χ1) is 8.69. The topological polar surface area (TPSA) is 64.2 Å². The molecule has 88 valence electrons. The highest BCUT2D eigenvalue weighted by Crippen LogP contribution is 2.25. The molecule has 18 heavy (non-hydrogen) atoms. The summed E-state index contributed by atoms with van der Waals surface area (Å²) in [4.78, 5) is 0. The van der Waals surface area contributed by atoms with Gasteiger partial charge in [0.2, 0.25) is 0 Å². The Bertz CT molecular complexity index is 622. The molecule has 2 aromatic rings. The molecule has 0 aliphatic heterocycles. The molecule has 0 spiro atoms. The van der Waals surface area contributed by atoms with E-state index in [-0.39, 0.29) is 11.5 Å². The molecule has 0 aliphatic rings. The molecular weight excluding hydrogens is 226 g/mol. The first-order valence-electron chi connectivity index (χ1n) is 5.39. The van der Waals surface area contributed by atoms with E-state index < -0.39 is 0 Å². The van der Waals surface area contributed by atoms with E-state index in [0.29, 0.717) is 5.56 Å². The maximum Gasteiger partial charge on any atom is 0.157 e. The van der Waals surface area contributed by atoms with Gasteiger partial charge in [0.15, 0.2) is 11.5 Å². The number of phenols is 2. The predicted molar refractivity (Wildman–Crippen MR) is 69.9 cm³/mol. The van der Waals surface area contributed by atoms with E-state index in [2.05, 4.69) is 6.07 Å². The fraction of sp³-hybridized carbons (Fsp3) is 0. The van der Waals surface area contributed by atoms with Crippen molar-refractivity contribution in [2.45, 2.75) is 0 Å². The average molecular weight is 237 g/mol. The van der Waals surface area contributed by atoms with Crippen molar-refractivity contribution in [2.75, 3.05) is 0 Å². The molecule has 0 saturated carbocycles. The summed E-state index contributed by atoms with van der Waals surface area (Å²) in [5.41, 5.74) is 2.37. The third kappa shape index (κ3) is 2.69. The maximum absolute atomic E-state index is 9.35. The van der Waals surface area contributed by atoms with Crippen molar-refractivity contribution in [3.63, 3.8) is 0 Å². The minimum atomic E-state index is -0.142. The molecule has 0 bridgehead atoms. The number of aromatic hydroxyl groups is 2. The molecular formula is C15H11NO2. The SMILES string of the molecule is N#Cc1ccc(C=Cc2ccc(O)c(O)c2)cc1. The Balaban J connectivity index is 2.19. The Hall–Kier alpha value is -2.73. The van der Waals surface area contributed by atoms with Gasteiger partial charge in [-0.3, -0.25) is 0 Å². The molecule has 0 saturated heterocycles. The van der Waals surface area contributed by atoms with Crippen LogP contribution in [0.2, 0.25) is 0 Å². The van der Waals surface area contributed by atoms with E-state index in [9.17, 15) is 10.2 Å². The molecule has 0 aromatic heterocycles. The van der Waals surface area contributed by atoms with E-state index in [1.807, 2.05) is 24.3 Å². The van der Waals surface area contributed by atoms with Crippen LogP contribution in [0.5, 0.6) is 11.5 Å². The summed E-state index contributed by atoms with van der Waals surface area (Å²) in [6.07, 6.45) is 3.69. The highest BCUT2D eigenvalue weighted by Gasteiger charge is 1.97. The van der Waals surface area contributed by atoms with E-state index in [0.717, 1.165) is 11.1 Å². The third-order valence-electron chi connectivity index (χ3n) is 2.51. The van der Waals surface area contributed by atoms with Gasteiger partial charge >= 0.3 is 0 Å². The Kier molecular flexibility index (Phi) is 3.31. The fourth-order valence-corrected chi connectivity index (χ4v) is 1.51. The van der Waals surface area contributed by atoms with Crippen molar-refractivity contribution in [3.05, 3.63) is 59.2 Å². The summed E-state index contributed by atoms with van der Waals surface area (Å²) in [6.45, 7) is 0. The number of rotatable bonds is 2. The zero-order valence-corrected chi connectivity index (χ0v) is 9.54. The van der Waals surface area contributed by atoms with E-state index in [1.165, 1.54) is 12.1 Å². The van der Waals surface area contributed by atoms with E-state index in [4.69, 9.17) is 5.26 Å².